The maximum absolute atomic E-state index is 5.84. The summed E-state index contributed by atoms with van der Waals surface area (Å²) in [5.74, 6) is 1.70. The molecule has 19 heavy (non-hydrogen) atoms. The van der Waals surface area contributed by atoms with E-state index in [1.54, 1.807) is 0 Å². The second-order valence-electron chi connectivity index (χ2n) is 4.28. The van der Waals surface area contributed by atoms with Gasteiger partial charge in [-0.3, -0.25) is 0 Å². The predicted octanol–water partition coefficient (Wildman–Crippen LogP) is 4.38. The molecule has 0 saturated carbocycles. The molecule has 0 radical (unpaired) electrons. The molecule has 1 aromatic heterocycles. The Labute approximate surface area is 111 Å². The lowest BCUT2D eigenvalue weighted by molar-refractivity contribution is 0.340. The van der Waals surface area contributed by atoms with Gasteiger partial charge in [-0.1, -0.05) is 0 Å². The summed E-state index contributed by atoms with van der Waals surface area (Å²) in [6, 6.07) is 11.8. The van der Waals surface area contributed by atoms with Crippen LogP contribution in [0.5, 0.6) is 11.5 Å². The van der Waals surface area contributed by atoms with Gasteiger partial charge in [-0.05, 0) is 44.2 Å². The van der Waals surface area contributed by atoms with E-state index < -0.39 is 0 Å². The van der Waals surface area contributed by atoms with Crippen LogP contribution in [0.4, 0.5) is 0 Å². The maximum atomic E-state index is 5.84. The first-order chi connectivity index (χ1) is 9.31. The fraction of sp³-hybridized carbons (Fsp3) is 0.250. The number of benzene rings is 2. The zero-order valence-electron chi connectivity index (χ0n) is 11.1. The minimum Gasteiger partial charge on any atom is -0.494 e. The Balaban J connectivity index is 2.16. The van der Waals surface area contributed by atoms with Crippen LogP contribution in [-0.4, -0.2) is 13.2 Å². The first-order valence-corrected chi connectivity index (χ1v) is 6.53. The highest BCUT2D eigenvalue weighted by Crippen LogP contribution is 2.33. The monoisotopic (exact) mass is 256 g/mol. The molecule has 3 heteroatoms. The van der Waals surface area contributed by atoms with Crippen LogP contribution in [0.15, 0.2) is 40.8 Å². The lowest BCUT2D eigenvalue weighted by Crippen LogP contribution is -1.90. The Bertz CT molecular complexity index is 712. The molecule has 98 valence electrons. The third-order valence-electron chi connectivity index (χ3n) is 3.04. The second-order valence-corrected chi connectivity index (χ2v) is 4.28. The number of hydrogen-bond donors (Lipinski definition) is 0. The minimum absolute atomic E-state index is 0.653. The molecule has 0 amide bonds. The largest absolute Gasteiger partial charge is 0.494 e. The zero-order valence-corrected chi connectivity index (χ0v) is 11.1. The Hall–Kier alpha value is -2.16. The summed E-state index contributed by atoms with van der Waals surface area (Å²) in [5.41, 5.74) is 1.71. The molecule has 0 saturated heterocycles. The van der Waals surface area contributed by atoms with Gasteiger partial charge in [-0.2, -0.15) is 0 Å². The Morgan fingerprint density at radius 3 is 2.21 bits per heavy atom. The number of hydrogen-bond acceptors (Lipinski definition) is 3. The fourth-order valence-corrected chi connectivity index (χ4v) is 2.25. The van der Waals surface area contributed by atoms with Crippen molar-refractivity contribution < 1.29 is 13.9 Å². The van der Waals surface area contributed by atoms with E-state index in [1.807, 2.05) is 50.2 Å². The van der Waals surface area contributed by atoms with Crippen LogP contribution in [0.1, 0.15) is 13.8 Å². The van der Waals surface area contributed by atoms with E-state index in [-0.39, 0.29) is 0 Å². The van der Waals surface area contributed by atoms with Crippen molar-refractivity contribution in [3.63, 3.8) is 0 Å². The van der Waals surface area contributed by atoms with Gasteiger partial charge in [0, 0.05) is 16.8 Å². The van der Waals surface area contributed by atoms with E-state index >= 15 is 0 Å². The van der Waals surface area contributed by atoms with Gasteiger partial charge in [0.25, 0.3) is 0 Å². The molecule has 1 heterocycles. The highest BCUT2D eigenvalue weighted by molar-refractivity contribution is 6.05. The zero-order chi connectivity index (χ0) is 13.2. The van der Waals surface area contributed by atoms with Gasteiger partial charge in [-0.25, -0.2) is 0 Å². The van der Waals surface area contributed by atoms with Gasteiger partial charge in [0.05, 0.1) is 13.2 Å². The normalized spacial score (nSPS) is 11.1. The summed E-state index contributed by atoms with van der Waals surface area (Å²) in [6.07, 6.45) is 0. The molecule has 2 aromatic carbocycles. The average molecular weight is 256 g/mol. The van der Waals surface area contributed by atoms with Crippen LogP contribution < -0.4 is 9.47 Å². The standard InChI is InChI=1S/C16H16O3/c1-3-17-11-6-8-15-14(9-11)13-7-5-12(18-4-2)10-16(13)19-15/h5-10H,3-4H2,1-2H3. The van der Waals surface area contributed by atoms with Crippen molar-refractivity contribution in [2.75, 3.05) is 13.2 Å². The summed E-state index contributed by atoms with van der Waals surface area (Å²) < 4.78 is 16.9. The van der Waals surface area contributed by atoms with Crippen molar-refractivity contribution in [3.8, 4) is 11.5 Å². The van der Waals surface area contributed by atoms with Crippen molar-refractivity contribution >= 4 is 21.9 Å². The fourth-order valence-electron chi connectivity index (χ4n) is 2.25. The predicted molar refractivity (Wildman–Crippen MR) is 76.1 cm³/mol. The summed E-state index contributed by atoms with van der Waals surface area (Å²) >= 11 is 0. The molecule has 0 aliphatic rings. The van der Waals surface area contributed by atoms with Crippen LogP contribution in [0.25, 0.3) is 21.9 Å². The molecule has 0 N–H and O–H groups in total. The smallest absolute Gasteiger partial charge is 0.139 e. The molecule has 3 rings (SSSR count). The summed E-state index contributed by atoms with van der Waals surface area (Å²) in [6.45, 7) is 5.26. The third-order valence-corrected chi connectivity index (χ3v) is 3.04. The summed E-state index contributed by atoms with van der Waals surface area (Å²) in [7, 11) is 0. The van der Waals surface area contributed by atoms with Crippen molar-refractivity contribution in [1.82, 2.24) is 0 Å². The van der Waals surface area contributed by atoms with Gasteiger partial charge >= 0.3 is 0 Å². The van der Waals surface area contributed by atoms with Crippen molar-refractivity contribution in [1.29, 1.82) is 0 Å². The van der Waals surface area contributed by atoms with Gasteiger partial charge in [0.15, 0.2) is 0 Å². The van der Waals surface area contributed by atoms with Gasteiger partial charge in [-0.15, -0.1) is 0 Å². The molecule has 0 spiro atoms. The van der Waals surface area contributed by atoms with Gasteiger partial charge < -0.3 is 13.9 Å². The van der Waals surface area contributed by atoms with E-state index in [4.69, 9.17) is 13.9 Å². The molecule has 0 aliphatic heterocycles. The molecule has 0 fully saturated rings. The SMILES string of the molecule is CCOc1ccc2c(c1)oc1ccc(OCC)cc12. The summed E-state index contributed by atoms with van der Waals surface area (Å²) in [5, 5.41) is 2.16. The molecule has 0 unspecified atom stereocenters. The maximum Gasteiger partial charge on any atom is 0.139 e. The molecule has 0 bridgehead atoms. The van der Waals surface area contributed by atoms with Crippen molar-refractivity contribution in [2.24, 2.45) is 0 Å². The first-order valence-electron chi connectivity index (χ1n) is 6.53. The highest BCUT2D eigenvalue weighted by Gasteiger charge is 2.09. The molecule has 3 aromatic rings. The van der Waals surface area contributed by atoms with Crippen molar-refractivity contribution in [2.45, 2.75) is 13.8 Å². The average Bonchev–Trinajstić information content (AvgIpc) is 2.77. The first kappa shape index (κ1) is 11.9. The van der Waals surface area contributed by atoms with Crippen molar-refractivity contribution in [3.05, 3.63) is 36.4 Å². The minimum atomic E-state index is 0.653. The van der Waals surface area contributed by atoms with Gasteiger partial charge in [0.2, 0.25) is 0 Å². The van der Waals surface area contributed by atoms with Gasteiger partial charge in [0.1, 0.15) is 22.7 Å². The molecule has 3 nitrogen and oxygen atoms in total. The van der Waals surface area contributed by atoms with Crippen LogP contribution in [0, 0.1) is 0 Å². The number of rotatable bonds is 4. The summed E-state index contributed by atoms with van der Waals surface area (Å²) in [4.78, 5) is 0. The third kappa shape index (κ3) is 2.12. The van der Waals surface area contributed by atoms with E-state index in [1.165, 1.54) is 0 Å². The Morgan fingerprint density at radius 2 is 1.47 bits per heavy atom. The van der Waals surface area contributed by atoms with E-state index in [0.717, 1.165) is 33.4 Å². The molecule has 0 aliphatic carbocycles. The lowest BCUT2D eigenvalue weighted by Gasteiger charge is -2.02. The quantitative estimate of drug-likeness (QED) is 0.694. The van der Waals surface area contributed by atoms with E-state index in [0.29, 0.717) is 13.2 Å². The molecular weight excluding hydrogens is 240 g/mol. The Morgan fingerprint density at radius 1 is 0.789 bits per heavy atom. The van der Waals surface area contributed by atoms with E-state index in [9.17, 15) is 0 Å². The number of fused-ring (bicyclic) bond motifs is 3. The second kappa shape index (κ2) is 4.84. The number of furan rings is 1. The highest BCUT2D eigenvalue weighted by atomic mass is 16.5. The Kier molecular flexibility index (Phi) is 3.03. The van der Waals surface area contributed by atoms with Crippen LogP contribution in [0.3, 0.4) is 0 Å². The molecular formula is C16H16O3. The van der Waals surface area contributed by atoms with Crippen LogP contribution >= 0.6 is 0 Å². The lowest BCUT2D eigenvalue weighted by atomic mass is 10.1. The topological polar surface area (TPSA) is 31.6 Å². The number of ether oxygens (including phenoxy) is 2. The molecule has 0 atom stereocenters. The van der Waals surface area contributed by atoms with E-state index in [2.05, 4.69) is 0 Å². The van der Waals surface area contributed by atoms with Crippen LogP contribution in [-0.2, 0) is 0 Å². The van der Waals surface area contributed by atoms with Crippen LogP contribution in [0.2, 0.25) is 0 Å².